The van der Waals surface area contributed by atoms with Gasteiger partial charge in [0, 0.05) is 12.6 Å². The fraction of sp³-hybridized carbons (Fsp3) is 1.00. The minimum atomic E-state index is -0.119. The monoisotopic (exact) mass is 232 g/mol. The molecular formula is C10H28N4Si. The lowest BCUT2D eigenvalue weighted by Crippen LogP contribution is -2.71. The van der Waals surface area contributed by atoms with Gasteiger partial charge in [-0.15, -0.1) is 0 Å². The van der Waals surface area contributed by atoms with Crippen molar-refractivity contribution in [3.05, 3.63) is 0 Å². The molecule has 0 aromatic rings. The van der Waals surface area contributed by atoms with Crippen molar-refractivity contribution in [1.29, 1.82) is 0 Å². The molecule has 0 aromatic carbocycles. The van der Waals surface area contributed by atoms with Crippen LogP contribution in [-0.4, -0.2) is 54.3 Å². The standard InChI is InChI=1S/C10H28N4Si/c1-6-9(3)14(7-2)10(11-4,12-5)8-13-15/h9,11-13H,6-8H2,1-5,15H3. The van der Waals surface area contributed by atoms with Gasteiger partial charge >= 0.3 is 0 Å². The van der Waals surface area contributed by atoms with Crippen molar-refractivity contribution in [3.8, 4) is 0 Å². The lowest BCUT2D eigenvalue weighted by atomic mass is 10.1. The van der Waals surface area contributed by atoms with E-state index in [1.807, 2.05) is 14.1 Å². The first-order valence-electron chi connectivity index (χ1n) is 5.90. The van der Waals surface area contributed by atoms with E-state index in [0.29, 0.717) is 6.04 Å². The Morgan fingerprint density at radius 2 is 1.80 bits per heavy atom. The van der Waals surface area contributed by atoms with Crippen LogP contribution in [0.2, 0.25) is 0 Å². The van der Waals surface area contributed by atoms with Crippen molar-refractivity contribution >= 4 is 10.4 Å². The first-order valence-corrected chi connectivity index (χ1v) is 6.90. The number of rotatable bonds is 8. The molecule has 0 fully saturated rings. The summed E-state index contributed by atoms with van der Waals surface area (Å²) in [5.74, 6) is -0.119. The van der Waals surface area contributed by atoms with Crippen LogP contribution in [0, 0.1) is 0 Å². The number of hydrogen-bond donors (Lipinski definition) is 3. The summed E-state index contributed by atoms with van der Waals surface area (Å²) in [5, 5.41) is 6.81. The van der Waals surface area contributed by atoms with Gasteiger partial charge in [-0.1, -0.05) is 13.8 Å². The highest BCUT2D eigenvalue weighted by atomic mass is 28.2. The smallest absolute Gasteiger partial charge is 0.138 e. The van der Waals surface area contributed by atoms with Gasteiger partial charge in [-0.25, -0.2) is 0 Å². The second-order valence-electron chi connectivity index (χ2n) is 3.93. The molecule has 15 heavy (non-hydrogen) atoms. The van der Waals surface area contributed by atoms with Crippen LogP contribution in [0.4, 0.5) is 0 Å². The molecule has 0 heterocycles. The average Bonchev–Trinajstić information content (AvgIpc) is 2.28. The molecule has 0 aromatic heterocycles. The average molecular weight is 232 g/mol. The lowest BCUT2D eigenvalue weighted by molar-refractivity contribution is 0.0111. The van der Waals surface area contributed by atoms with E-state index in [1.165, 1.54) is 6.42 Å². The molecule has 0 rings (SSSR count). The van der Waals surface area contributed by atoms with Crippen molar-refractivity contribution in [2.45, 2.75) is 39.0 Å². The number of nitrogens with one attached hydrogen (secondary N) is 3. The fourth-order valence-electron chi connectivity index (χ4n) is 2.12. The molecule has 5 heteroatoms. The maximum Gasteiger partial charge on any atom is 0.138 e. The lowest BCUT2D eigenvalue weighted by Gasteiger charge is -2.46. The van der Waals surface area contributed by atoms with Gasteiger partial charge in [0.05, 0.1) is 10.4 Å². The highest BCUT2D eigenvalue weighted by molar-refractivity contribution is 6.04. The van der Waals surface area contributed by atoms with Crippen molar-refractivity contribution in [2.24, 2.45) is 0 Å². The van der Waals surface area contributed by atoms with Gasteiger partial charge in [0.1, 0.15) is 5.79 Å². The van der Waals surface area contributed by atoms with Gasteiger partial charge in [0.2, 0.25) is 0 Å². The summed E-state index contributed by atoms with van der Waals surface area (Å²) in [6.45, 7) is 8.70. The molecule has 0 aliphatic rings. The molecule has 1 atom stereocenters. The van der Waals surface area contributed by atoms with E-state index in [-0.39, 0.29) is 5.79 Å². The summed E-state index contributed by atoms with van der Waals surface area (Å²) >= 11 is 0. The van der Waals surface area contributed by atoms with E-state index in [4.69, 9.17) is 0 Å². The van der Waals surface area contributed by atoms with Crippen LogP contribution in [0.1, 0.15) is 27.2 Å². The van der Waals surface area contributed by atoms with E-state index < -0.39 is 0 Å². The summed E-state index contributed by atoms with van der Waals surface area (Å²) in [6.07, 6.45) is 1.17. The summed E-state index contributed by atoms with van der Waals surface area (Å²) in [7, 11) is 5.05. The zero-order valence-corrected chi connectivity index (χ0v) is 13.1. The molecule has 1 unspecified atom stereocenters. The summed E-state index contributed by atoms with van der Waals surface area (Å²) in [6, 6.07) is 0.574. The topological polar surface area (TPSA) is 39.3 Å². The Kier molecular flexibility index (Phi) is 7.38. The highest BCUT2D eigenvalue weighted by Crippen LogP contribution is 2.13. The van der Waals surface area contributed by atoms with Gasteiger partial charge in [-0.3, -0.25) is 15.5 Å². The zero-order chi connectivity index (χ0) is 11.9. The Morgan fingerprint density at radius 1 is 1.27 bits per heavy atom. The van der Waals surface area contributed by atoms with E-state index in [0.717, 1.165) is 23.5 Å². The SMILES string of the molecule is CCC(C)N(CC)C(CN[SiH3])(NC)NC. The van der Waals surface area contributed by atoms with Gasteiger partial charge in [-0.05, 0) is 34.0 Å². The van der Waals surface area contributed by atoms with Crippen molar-refractivity contribution < 1.29 is 0 Å². The molecular weight excluding hydrogens is 204 g/mol. The molecule has 0 saturated heterocycles. The van der Waals surface area contributed by atoms with Gasteiger partial charge in [-0.2, -0.15) is 0 Å². The Morgan fingerprint density at radius 3 is 2.07 bits per heavy atom. The molecule has 0 saturated carbocycles. The Balaban J connectivity index is 4.81. The van der Waals surface area contributed by atoms with Crippen molar-refractivity contribution in [2.75, 3.05) is 27.2 Å². The predicted octanol–water partition coefficient (Wildman–Crippen LogP) is -0.931. The first kappa shape index (κ1) is 15.1. The molecule has 0 amide bonds. The number of likely N-dealkylation sites (N-methyl/N-ethyl adjacent to an activating group) is 3. The van der Waals surface area contributed by atoms with Crippen molar-refractivity contribution in [3.63, 3.8) is 0 Å². The summed E-state index contributed by atoms with van der Waals surface area (Å²) in [5.41, 5.74) is 0. The van der Waals surface area contributed by atoms with Gasteiger partial charge in [0.15, 0.2) is 0 Å². The second-order valence-corrected chi connectivity index (χ2v) is 4.64. The highest BCUT2D eigenvalue weighted by Gasteiger charge is 2.34. The molecule has 0 aliphatic carbocycles. The third kappa shape index (κ3) is 3.53. The molecule has 3 N–H and O–H groups in total. The first-order chi connectivity index (χ1) is 7.11. The third-order valence-corrected chi connectivity index (χ3v) is 3.57. The summed E-state index contributed by atoms with van der Waals surface area (Å²) in [4.78, 5) is 5.85. The normalized spacial score (nSPS) is 14.8. The van der Waals surface area contributed by atoms with Gasteiger partial charge < -0.3 is 4.98 Å². The maximum atomic E-state index is 3.41. The molecule has 0 aliphatic heterocycles. The Labute approximate surface area is 97.7 Å². The van der Waals surface area contributed by atoms with E-state index in [9.17, 15) is 0 Å². The maximum absolute atomic E-state index is 3.41. The second kappa shape index (κ2) is 7.35. The Hall–Kier alpha value is 0.0569. The minimum absolute atomic E-state index is 0.119. The molecule has 92 valence electrons. The van der Waals surface area contributed by atoms with E-state index in [2.05, 4.69) is 41.3 Å². The van der Waals surface area contributed by atoms with Crippen LogP contribution in [0.25, 0.3) is 0 Å². The predicted molar refractivity (Wildman–Crippen MR) is 70.9 cm³/mol. The van der Waals surface area contributed by atoms with E-state index in [1.54, 1.807) is 0 Å². The number of nitrogens with zero attached hydrogens (tertiary/aromatic N) is 1. The Bertz CT molecular complexity index is 162. The summed E-state index contributed by atoms with van der Waals surface area (Å²) < 4.78 is 0. The van der Waals surface area contributed by atoms with Crippen LogP contribution in [-0.2, 0) is 0 Å². The largest absolute Gasteiger partial charge is 0.341 e. The fourth-order valence-corrected chi connectivity index (χ4v) is 2.64. The molecule has 4 nitrogen and oxygen atoms in total. The minimum Gasteiger partial charge on any atom is -0.341 e. The van der Waals surface area contributed by atoms with Crippen LogP contribution in [0.3, 0.4) is 0 Å². The quantitative estimate of drug-likeness (QED) is 0.374. The van der Waals surface area contributed by atoms with E-state index >= 15 is 0 Å². The third-order valence-electron chi connectivity index (χ3n) is 3.21. The van der Waals surface area contributed by atoms with Gasteiger partial charge in [0.25, 0.3) is 0 Å². The zero-order valence-electron chi connectivity index (χ0n) is 11.1. The van der Waals surface area contributed by atoms with Crippen LogP contribution in [0.15, 0.2) is 0 Å². The molecule has 0 bridgehead atoms. The number of hydrogen-bond acceptors (Lipinski definition) is 4. The van der Waals surface area contributed by atoms with Crippen LogP contribution < -0.4 is 15.6 Å². The van der Waals surface area contributed by atoms with Crippen LogP contribution in [0.5, 0.6) is 0 Å². The molecule has 0 spiro atoms. The molecule has 0 radical (unpaired) electrons. The van der Waals surface area contributed by atoms with Crippen molar-refractivity contribution in [1.82, 2.24) is 20.5 Å². The van der Waals surface area contributed by atoms with Crippen LogP contribution >= 0.6 is 0 Å².